The van der Waals surface area contributed by atoms with Crippen molar-refractivity contribution in [1.82, 2.24) is 0 Å². The topological polar surface area (TPSA) is 9.23 Å². The Morgan fingerprint density at radius 3 is 2.30 bits per heavy atom. The molecule has 0 bridgehead atoms. The zero-order valence-corrected chi connectivity index (χ0v) is 15.8. The van der Waals surface area contributed by atoms with Crippen LogP contribution in [0.2, 0.25) is 0 Å². The molecule has 150 valence electrons. The first-order valence-corrected chi connectivity index (χ1v) is 10.4. The van der Waals surface area contributed by atoms with Gasteiger partial charge in [0.25, 0.3) is 0 Å². The van der Waals surface area contributed by atoms with Gasteiger partial charge in [0.1, 0.15) is 0 Å². The highest BCUT2D eigenvalue weighted by atomic mass is 19.4. The molecule has 2 fully saturated rings. The molecule has 0 saturated heterocycles. The van der Waals surface area contributed by atoms with Crippen molar-refractivity contribution >= 4 is 0 Å². The van der Waals surface area contributed by atoms with E-state index in [1.807, 2.05) is 0 Å². The Bertz CT molecular complexity index is 684. The Hall–Kier alpha value is -1.26. The van der Waals surface area contributed by atoms with Gasteiger partial charge in [-0.3, -0.25) is 0 Å². The molecule has 5 unspecified atom stereocenters. The number of halogens is 4. The van der Waals surface area contributed by atoms with Gasteiger partial charge in [0.2, 0.25) is 0 Å². The van der Waals surface area contributed by atoms with Gasteiger partial charge in [-0.15, -0.1) is 13.2 Å². The summed E-state index contributed by atoms with van der Waals surface area (Å²) in [6, 6.07) is 2.78. The molecule has 0 heterocycles. The maximum absolute atomic E-state index is 14.5. The largest absolute Gasteiger partial charge is 0.573 e. The molecule has 0 N–H and O–H groups in total. The highest BCUT2D eigenvalue weighted by molar-refractivity contribution is 5.39. The van der Waals surface area contributed by atoms with Crippen LogP contribution < -0.4 is 4.74 Å². The molecular formula is C22H28F4O. The van der Waals surface area contributed by atoms with Crippen LogP contribution in [0.25, 0.3) is 0 Å². The van der Waals surface area contributed by atoms with Gasteiger partial charge in [0.05, 0.1) is 0 Å². The van der Waals surface area contributed by atoms with Gasteiger partial charge >= 0.3 is 6.36 Å². The number of alkyl halides is 3. The summed E-state index contributed by atoms with van der Waals surface area (Å²) < 4.78 is 55.6. The van der Waals surface area contributed by atoms with Crippen molar-refractivity contribution in [3.63, 3.8) is 0 Å². The zero-order chi connectivity index (χ0) is 19.2. The summed E-state index contributed by atoms with van der Waals surface area (Å²) in [7, 11) is 0. The van der Waals surface area contributed by atoms with E-state index in [0.29, 0.717) is 23.8 Å². The molecular weight excluding hydrogens is 356 g/mol. The third-order valence-electron chi connectivity index (χ3n) is 7.36. The van der Waals surface area contributed by atoms with E-state index in [0.717, 1.165) is 42.2 Å². The summed E-state index contributed by atoms with van der Waals surface area (Å²) in [5.41, 5.74) is 1.30. The molecule has 3 aliphatic rings. The molecule has 0 radical (unpaired) electrons. The van der Waals surface area contributed by atoms with Gasteiger partial charge in [-0.05, 0) is 98.1 Å². The van der Waals surface area contributed by atoms with Crippen molar-refractivity contribution in [1.29, 1.82) is 0 Å². The van der Waals surface area contributed by atoms with Crippen LogP contribution in [0.15, 0.2) is 12.1 Å². The molecule has 0 spiro atoms. The van der Waals surface area contributed by atoms with Crippen LogP contribution in [0, 0.1) is 35.4 Å². The minimum atomic E-state index is -4.86. The fourth-order valence-electron chi connectivity index (χ4n) is 6.01. The lowest BCUT2D eigenvalue weighted by Gasteiger charge is -2.44. The van der Waals surface area contributed by atoms with Gasteiger partial charge in [-0.1, -0.05) is 19.4 Å². The third-order valence-corrected chi connectivity index (χ3v) is 7.36. The Labute approximate surface area is 158 Å². The quantitative estimate of drug-likeness (QED) is 0.517. The number of hydrogen-bond acceptors (Lipinski definition) is 1. The second kappa shape index (κ2) is 7.29. The Morgan fingerprint density at radius 1 is 0.889 bits per heavy atom. The van der Waals surface area contributed by atoms with Gasteiger partial charge in [-0.2, -0.15) is 0 Å². The first-order chi connectivity index (χ1) is 12.8. The molecule has 1 nitrogen and oxygen atoms in total. The van der Waals surface area contributed by atoms with Crippen LogP contribution in [0.1, 0.15) is 63.0 Å². The molecule has 2 saturated carbocycles. The van der Waals surface area contributed by atoms with E-state index in [2.05, 4.69) is 11.7 Å². The highest BCUT2D eigenvalue weighted by Gasteiger charge is 2.39. The van der Waals surface area contributed by atoms with Crippen molar-refractivity contribution in [3.05, 3.63) is 29.1 Å². The van der Waals surface area contributed by atoms with Crippen molar-refractivity contribution in [2.45, 2.75) is 71.1 Å². The number of hydrogen-bond donors (Lipinski definition) is 0. The molecule has 0 aliphatic heterocycles. The van der Waals surface area contributed by atoms with Crippen LogP contribution in [-0.4, -0.2) is 6.36 Å². The van der Waals surface area contributed by atoms with Crippen LogP contribution in [-0.2, 0) is 12.8 Å². The van der Waals surface area contributed by atoms with Crippen molar-refractivity contribution < 1.29 is 22.3 Å². The van der Waals surface area contributed by atoms with E-state index in [1.165, 1.54) is 38.5 Å². The van der Waals surface area contributed by atoms with Gasteiger partial charge in [0, 0.05) is 0 Å². The summed E-state index contributed by atoms with van der Waals surface area (Å²) in [5.74, 6) is 2.29. The highest BCUT2D eigenvalue weighted by Crippen LogP contribution is 2.48. The molecule has 1 aromatic carbocycles. The molecule has 3 aliphatic carbocycles. The third kappa shape index (κ3) is 4.12. The van der Waals surface area contributed by atoms with E-state index in [9.17, 15) is 17.6 Å². The molecule has 5 atom stereocenters. The number of rotatable bonds is 2. The second-order valence-electron chi connectivity index (χ2n) is 9.08. The van der Waals surface area contributed by atoms with Gasteiger partial charge < -0.3 is 4.74 Å². The maximum Gasteiger partial charge on any atom is 0.573 e. The SMILES string of the molecule is CC1CCC2CC(C3CCc4c(ccc(OC(F)(F)F)c4F)C3)CCC2C1. The van der Waals surface area contributed by atoms with Gasteiger partial charge in [0.15, 0.2) is 11.6 Å². The summed E-state index contributed by atoms with van der Waals surface area (Å²) >= 11 is 0. The number of fused-ring (bicyclic) bond motifs is 2. The van der Waals surface area contributed by atoms with Crippen molar-refractivity contribution in [3.8, 4) is 5.75 Å². The molecule has 1 aromatic rings. The number of ether oxygens (including phenoxy) is 1. The Kier molecular flexibility index (Phi) is 5.15. The van der Waals surface area contributed by atoms with Crippen LogP contribution in [0.3, 0.4) is 0 Å². The van der Waals surface area contributed by atoms with Gasteiger partial charge in [-0.25, -0.2) is 4.39 Å². The molecule has 4 rings (SSSR count). The summed E-state index contributed by atoms with van der Waals surface area (Å²) in [4.78, 5) is 0. The minimum absolute atomic E-state index is 0.424. The van der Waals surface area contributed by atoms with E-state index in [4.69, 9.17) is 0 Å². The number of benzene rings is 1. The summed E-state index contributed by atoms with van der Waals surface area (Å²) in [6.45, 7) is 2.37. The summed E-state index contributed by atoms with van der Waals surface area (Å²) in [6.07, 6.45) is 5.24. The average Bonchev–Trinajstić information content (AvgIpc) is 2.62. The second-order valence-corrected chi connectivity index (χ2v) is 9.08. The van der Waals surface area contributed by atoms with E-state index >= 15 is 0 Å². The van der Waals surface area contributed by atoms with E-state index in [1.54, 1.807) is 6.07 Å². The van der Waals surface area contributed by atoms with E-state index < -0.39 is 17.9 Å². The zero-order valence-electron chi connectivity index (χ0n) is 15.8. The average molecular weight is 384 g/mol. The fourth-order valence-corrected chi connectivity index (χ4v) is 6.01. The molecule has 0 amide bonds. The lowest BCUT2D eigenvalue weighted by molar-refractivity contribution is -0.275. The first-order valence-electron chi connectivity index (χ1n) is 10.4. The molecule has 0 aromatic heterocycles. The first kappa shape index (κ1) is 19.1. The summed E-state index contributed by atoms with van der Waals surface area (Å²) in [5, 5.41) is 0. The van der Waals surface area contributed by atoms with Crippen molar-refractivity contribution in [2.24, 2.45) is 29.6 Å². The standard InChI is InChI=1S/C22H28F4O/c1-13-2-3-15-11-16(5-4-14(15)10-13)17-6-8-19-18(12-17)7-9-20(21(19)23)27-22(24,25)26/h7,9,13-17H,2-6,8,10-12H2,1H3. The fraction of sp³-hybridized carbons (Fsp3) is 0.727. The predicted molar refractivity (Wildman–Crippen MR) is 95.9 cm³/mol. The molecule has 5 heteroatoms. The normalized spacial score (nSPS) is 33.9. The van der Waals surface area contributed by atoms with Crippen molar-refractivity contribution in [2.75, 3.05) is 0 Å². The van der Waals surface area contributed by atoms with Crippen LogP contribution >= 0.6 is 0 Å². The lowest BCUT2D eigenvalue weighted by atomic mass is 9.61. The molecule has 27 heavy (non-hydrogen) atoms. The van der Waals surface area contributed by atoms with E-state index in [-0.39, 0.29) is 0 Å². The monoisotopic (exact) mass is 384 g/mol. The minimum Gasteiger partial charge on any atom is -0.403 e. The van der Waals surface area contributed by atoms with Crippen LogP contribution in [0.4, 0.5) is 17.6 Å². The Morgan fingerprint density at radius 2 is 1.56 bits per heavy atom. The smallest absolute Gasteiger partial charge is 0.403 e. The van der Waals surface area contributed by atoms with Crippen LogP contribution in [0.5, 0.6) is 5.75 Å². The predicted octanol–water partition coefficient (Wildman–Crippen LogP) is 6.68. The Balaban J connectivity index is 1.44. The lowest BCUT2D eigenvalue weighted by Crippen LogP contribution is -2.34. The maximum atomic E-state index is 14.5.